The van der Waals surface area contributed by atoms with Crippen LogP contribution in [0.1, 0.15) is 58.1 Å². The Morgan fingerprint density at radius 1 is 1.33 bits per heavy atom. The Morgan fingerprint density at radius 3 is 2.44 bits per heavy atom. The van der Waals surface area contributed by atoms with E-state index in [1.165, 1.54) is 0 Å². The zero-order valence-electron chi connectivity index (χ0n) is 11.8. The summed E-state index contributed by atoms with van der Waals surface area (Å²) in [6, 6.07) is 3.62. The van der Waals surface area contributed by atoms with Crippen molar-refractivity contribution in [3.05, 3.63) is 34.9 Å². The molecule has 1 aromatic carbocycles. The Kier molecular flexibility index (Phi) is 4.86. The number of halogens is 1. The van der Waals surface area contributed by atoms with Gasteiger partial charge >= 0.3 is 0 Å². The van der Waals surface area contributed by atoms with E-state index in [2.05, 4.69) is 34.3 Å². The molecule has 0 heterocycles. The molecule has 0 saturated carbocycles. The fourth-order valence-corrected chi connectivity index (χ4v) is 2.25. The SMILES string of the molecule is C=C(CCCC)c1cc(C(C)(C)C)c(O)cc1Cl. The van der Waals surface area contributed by atoms with E-state index in [1.54, 1.807) is 6.07 Å². The molecule has 0 aliphatic rings. The van der Waals surface area contributed by atoms with Gasteiger partial charge in [0.05, 0.1) is 5.02 Å². The first-order valence-corrected chi connectivity index (χ1v) is 6.86. The van der Waals surface area contributed by atoms with Crippen LogP contribution in [-0.4, -0.2) is 5.11 Å². The molecule has 0 amide bonds. The van der Waals surface area contributed by atoms with Gasteiger partial charge in [0.15, 0.2) is 0 Å². The van der Waals surface area contributed by atoms with Crippen molar-refractivity contribution >= 4 is 17.2 Å². The van der Waals surface area contributed by atoms with Crippen LogP contribution in [0, 0.1) is 0 Å². The number of allylic oxidation sites excluding steroid dienone is 1. The summed E-state index contributed by atoms with van der Waals surface area (Å²) in [6.07, 6.45) is 3.20. The van der Waals surface area contributed by atoms with Crippen molar-refractivity contribution in [1.82, 2.24) is 0 Å². The summed E-state index contributed by atoms with van der Waals surface area (Å²) >= 11 is 6.20. The fraction of sp³-hybridized carbons (Fsp3) is 0.500. The average molecular weight is 267 g/mol. The van der Waals surface area contributed by atoms with Crippen molar-refractivity contribution < 1.29 is 5.11 Å². The first-order valence-electron chi connectivity index (χ1n) is 6.48. The van der Waals surface area contributed by atoms with Gasteiger partial charge in [0.1, 0.15) is 5.75 Å². The van der Waals surface area contributed by atoms with Crippen molar-refractivity contribution in [1.29, 1.82) is 0 Å². The number of rotatable bonds is 4. The van der Waals surface area contributed by atoms with Gasteiger partial charge < -0.3 is 5.11 Å². The Balaban J connectivity index is 3.17. The Hall–Kier alpha value is -0.950. The Morgan fingerprint density at radius 2 is 1.94 bits per heavy atom. The largest absolute Gasteiger partial charge is 0.508 e. The zero-order chi connectivity index (χ0) is 13.9. The van der Waals surface area contributed by atoms with Crippen LogP contribution in [0.3, 0.4) is 0 Å². The van der Waals surface area contributed by atoms with Gasteiger partial charge in [-0.2, -0.15) is 0 Å². The molecule has 0 saturated heterocycles. The van der Waals surface area contributed by atoms with Gasteiger partial charge in [-0.25, -0.2) is 0 Å². The van der Waals surface area contributed by atoms with Crippen LogP contribution in [-0.2, 0) is 5.41 Å². The molecule has 0 fully saturated rings. The normalized spacial score (nSPS) is 11.6. The third kappa shape index (κ3) is 3.52. The zero-order valence-corrected chi connectivity index (χ0v) is 12.6. The van der Waals surface area contributed by atoms with Crippen molar-refractivity contribution in [3.63, 3.8) is 0 Å². The quantitative estimate of drug-likeness (QED) is 0.758. The maximum Gasteiger partial charge on any atom is 0.120 e. The van der Waals surface area contributed by atoms with Gasteiger partial charge in [-0.15, -0.1) is 0 Å². The number of unbranched alkanes of at least 4 members (excludes halogenated alkanes) is 1. The summed E-state index contributed by atoms with van der Waals surface area (Å²) in [6.45, 7) is 12.5. The smallest absolute Gasteiger partial charge is 0.120 e. The molecule has 0 aliphatic carbocycles. The topological polar surface area (TPSA) is 20.2 Å². The third-order valence-electron chi connectivity index (χ3n) is 3.11. The van der Waals surface area contributed by atoms with Gasteiger partial charge in [-0.1, -0.05) is 52.3 Å². The molecule has 1 rings (SSSR count). The summed E-state index contributed by atoms with van der Waals surface area (Å²) in [5.74, 6) is 0.263. The predicted octanol–water partition coefficient (Wildman–Crippen LogP) is 5.55. The second-order valence-electron chi connectivity index (χ2n) is 5.81. The Bertz CT molecular complexity index is 441. The van der Waals surface area contributed by atoms with Crippen molar-refractivity contribution in [2.75, 3.05) is 0 Å². The molecule has 2 heteroatoms. The van der Waals surface area contributed by atoms with E-state index in [0.29, 0.717) is 5.02 Å². The van der Waals surface area contributed by atoms with E-state index in [4.69, 9.17) is 11.6 Å². The number of phenols is 1. The lowest BCUT2D eigenvalue weighted by molar-refractivity contribution is 0.446. The van der Waals surface area contributed by atoms with E-state index >= 15 is 0 Å². The highest BCUT2D eigenvalue weighted by molar-refractivity contribution is 6.32. The van der Waals surface area contributed by atoms with Gasteiger partial charge in [0, 0.05) is 0 Å². The lowest BCUT2D eigenvalue weighted by Gasteiger charge is -2.22. The molecule has 0 spiro atoms. The summed E-state index contributed by atoms with van der Waals surface area (Å²) in [4.78, 5) is 0. The highest BCUT2D eigenvalue weighted by Crippen LogP contribution is 2.37. The van der Waals surface area contributed by atoms with Crippen LogP contribution < -0.4 is 0 Å². The van der Waals surface area contributed by atoms with Crippen LogP contribution in [0.15, 0.2) is 18.7 Å². The molecule has 0 aliphatic heterocycles. The van der Waals surface area contributed by atoms with Crippen molar-refractivity contribution in [2.24, 2.45) is 0 Å². The lowest BCUT2D eigenvalue weighted by atomic mass is 9.84. The first kappa shape index (κ1) is 15.1. The van der Waals surface area contributed by atoms with Gasteiger partial charge in [0.2, 0.25) is 0 Å². The standard InChI is InChI=1S/C16H23ClO/c1-6-7-8-11(2)12-9-13(16(3,4)5)15(18)10-14(12)17/h9-10,18H,2,6-8H2,1,3-5H3. The minimum atomic E-state index is -0.103. The molecule has 1 N–H and O–H groups in total. The van der Waals surface area contributed by atoms with Crippen LogP contribution in [0.5, 0.6) is 5.75 Å². The van der Waals surface area contributed by atoms with E-state index in [-0.39, 0.29) is 11.2 Å². The fourth-order valence-electron chi connectivity index (χ4n) is 1.96. The van der Waals surface area contributed by atoms with Crippen molar-refractivity contribution in [2.45, 2.75) is 52.4 Å². The molecule has 0 atom stereocenters. The lowest BCUT2D eigenvalue weighted by Crippen LogP contribution is -2.11. The van der Waals surface area contributed by atoms with Crippen LogP contribution >= 0.6 is 11.6 Å². The summed E-state index contributed by atoms with van der Waals surface area (Å²) in [5, 5.41) is 10.6. The van der Waals surface area contributed by atoms with Crippen LogP contribution in [0.25, 0.3) is 5.57 Å². The molecule has 0 aromatic heterocycles. The highest BCUT2D eigenvalue weighted by Gasteiger charge is 2.20. The van der Waals surface area contributed by atoms with E-state index in [9.17, 15) is 5.11 Å². The van der Waals surface area contributed by atoms with Gasteiger partial charge in [0.25, 0.3) is 0 Å². The minimum Gasteiger partial charge on any atom is -0.508 e. The Labute approximate surface area is 115 Å². The first-order chi connectivity index (χ1) is 8.27. The molecular formula is C16H23ClO. The number of benzene rings is 1. The molecule has 1 aromatic rings. The third-order valence-corrected chi connectivity index (χ3v) is 3.42. The maximum atomic E-state index is 10.00. The van der Waals surface area contributed by atoms with Gasteiger partial charge in [-0.3, -0.25) is 0 Å². The average Bonchev–Trinajstić information content (AvgIpc) is 2.24. The molecule has 1 nitrogen and oxygen atoms in total. The predicted molar refractivity (Wildman–Crippen MR) is 80.4 cm³/mol. The van der Waals surface area contributed by atoms with E-state index in [1.807, 2.05) is 6.07 Å². The van der Waals surface area contributed by atoms with E-state index < -0.39 is 0 Å². The number of phenolic OH excluding ortho intramolecular Hbond substituents is 1. The van der Waals surface area contributed by atoms with E-state index in [0.717, 1.165) is 36.0 Å². The molecule has 0 radical (unpaired) electrons. The minimum absolute atomic E-state index is 0.103. The number of aromatic hydroxyl groups is 1. The number of hydrogen-bond acceptors (Lipinski definition) is 1. The van der Waals surface area contributed by atoms with Crippen LogP contribution in [0.4, 0.5) is 0 Å². The van der Waals surface area contributed by atoms with Crippen LogP contribution in [0.2, 0.25) is 5.02 Å². The second-order valence-corrected chi connectivity index (χ2v) is 6.21. The molecular weight excluding hydrogens is 244 g/mol. The highest BCUT2D eigenvalue weighted by atomic mass is 35.5. The summed E-state index contributed by atoms with van der Waals surface area (Å²) < 4.78 is 0. The molecule has 0 bridgehead atoms. The van der Waals surface area contributed by atoms with Gasteiger partial charge in [-0.05, 0) is 47.1 Å². The molecule has 100 valence electrons. The molecule has 18 heavy (non-hydrogen) atoms. The summed E-state index contributed by atoms with van der Waals surface area (Å²) in [5.41, 5.74) is 2.83. The monoisotopic (exact) mass is 266 g/mol. The molecule has 0 unspecified atom stereocenters. The maximum absolute atomic E-state index is 10.00. The van der Waals surface area contributed by atoms with Crippen molar-refractivity contribution in [3.8, 4) is 5.75 Å². The summed E-state index contributed by atoms with van der Waals surface area (Å²) in [7, 11) is 0. The number of hydrogen-bond donors (Lipinski definition) is 1. The second kappa shape index (κ2) is 5.79.